The fourth-order valence-electron chi connectivity index (χ4n) is 2.35. The minimum Gasteiger partial charge on any atom is -0.493 e. The number of pyridine rings is 1. The maximum Gasteiger partial charge on any atom is 0.234 e. The van der Waals surface area contributed by atoms with Gasteiger partial charge in [-0.05, 0) is 19.1 Å². The molecule has 0 aliphatic rings. The Balaban J connectivity index is 2.73. The Labute approximate surface area is 124 Å². The molecule has 0 atom stereocenters. The second-order valence-electron chi connectivity index (χ2n) is 4.67. The van der Waals surface area contributed by atoms with Crippen LogP contribution in [-0.2, 0) is 0 Å². The van der Waals surface area contributed by atoms with Crippen LogP contribution in [-0.4, -0.2) is 26.5 Å². The number of methoxy groups -OCH3 is 3. The summed E-state index contributed by atoms with van der Waals surface area (Å²) in [5.41, 5.74) is 3.59. The second kappa shape index (κ2) is 5.91. The molecule has 0 saturated heterocycles. The zero-order chi connectivity index (χ0) is 15.6. The molecule has 2 aromatic rings. The number of ether oxygens (including phenoxy) is 3. The predicted molar refractivity (Wildman–Crippen MR) is 78.4 cm³/mol. The van der Waals surface area contributed by atoms with Crippen molar-refractivity contribution in [2.45, 2.75) is 13.8 Å². The highest BCUT2D eigenvalue weighted by Gasteiger charge is 2.21. The summed E-state index contributed by atoms with van der Waals surface area (Å²) >= 11 is 0. The predicted octanol–water partition coefficient (Wildman–Crippen LogP) is 2.52. The van der Waals surface area contributed by atoms with Crippen LogP contribution in [0, 0.1) is 13.8 Å². The van der Waals surface area contributed by atoms with Crippen LogP contribution in [0.5, 0.6) is 17.2 Å². The van der Waals surface area contributed by atoms with E-state index in [1.54, 1.807) is 27.5 Å². The van der Waals surface area contributed by atoms with Crippen molar-refractivity contribution in [3.63, 3.8) is 0 Å². The summed E-state index contributed by atoms with van der Waals surface area (Å²) in [7, 11) is 4.76. The summed E-state index contributed by atoms with van der Waals surface area (Å²) < 4.78 is 17.3. The van der Waals surface area contributed by atoms with E-state index in [1.807, 2.05) is 32.0 Å². The van der Waals surface area contributed by atoms with Gasteiger partial charge < -0.3 is 14.2 Å². The molecular formula is C16H20NO4+. The van der Waals surface area contributed by atoms with E-state index >= 15 is 0 Å². The molecule has 1 aromatic heterocycles. The zero-order valence-corrected chi connectivity index (χ0v) is 12.9. The topological polar surface area (TPSA) is 51.8 Å². The van der Waals surface area contributed by atoms with Crippen molar-refractivity contribution in [1.29, 1.82) is 0 Å². The first-order chi connectivity index (χ1) is 10.0. The minimum absolute atomic E-state index is 0.551. The molecule has 0 bridgehead atoms. The Hall–Kier alpha value is -2.43. The number of benzene rings is 1. The summed E-state index contributed by atoms with van der Waals surface area (Å²) in [6.07, 6.45) is 1.60. The van der Waals surface area contributed by atoms with Crippen LogP contribution in [0.3, 0.4) is 0 Å². The van der Waals surface area contributed by atoms with Gasteiger partial charge in [-0.15, -0.1) is 0 Å². The van der Waals surface area contributed by atoms with E-state index in [2.05, 4.69) is 0 Å². The molecule has 0 amide bonds. The number of nitrogens with zero attached hydrogens (tertiary/aromatic N) is 1. The third-order valence-electron chi connectivity index (χ3n) is 3.67. The van der Waals surface area contributed by atoms with Crippen molar-refractivity contribution in [3.8, 4) is 28.4 Å². The van der Waals surface area contributed by atoms with Crippen LogP contribution in [0.2, 0.25) is 0 Å². The van der Waals surface area contributed by atoms with Crippen LogP contribution in [0.1, 0.15) is 11.3 Å². The lowest BCUT2D eigenvalue weighted by Crippen LogP contribution is -2.33. The van der Waals surface area contributed by atoms with Crippen LogP contribution in [0.4, 0.5) is 0 Å². The number of rotatable bonds is 4. The van der Waals surface area contributed by atoms with Crippen LogP contribution in [0.25, 0.3) is 11.1 Å². The molecule has 0 radical (unpaired) electrons. The van der Waals surface area contributed by atoms with Crippen LogP contribution >= 0.6 is 0 Å². The highest BCUT2D eigenvalue weighted by molar-refractivity contribution is 5.78. The molecule has 0 aliphatic heterocycles. The quantitative estimate of drug-likeness (QED) is 0.694. The van der Waals surface area contributed by atoms with Crippen LogP contribution in [0.15, 0.2) is 24.4 Å². The largest absolute Gasteiger partial charge is 0.493 e. The molecule has 21 heavy (non-hydrogen) atoms. The van der Waals surface area contributed by atoms with Gasteiger partial charge >= 0.3 is 0 Å². The molecular weight excluding hydrogens is 270 g/mol. The Morgan fingerprint density at radius 1 is 0.857 bits per heavy atom. The van der Waals surface area contributed by atoms with Gasteiger partial charge in [-0.1, -0.05) is 0 Å². The lowest BCUT2D eigenvalue weighted by molar-refractivity contribution is -0.909. The maximum absolute atomic E-state index is 9.72. The fourth-order valence-corrected chi connectivity index (χ4v) is 2.35. The summed E-state index contributed by atoms with van der Waals surface area (Å²) in [4.78, 5) is 0. The van der Waals surface area contributed by atoms with E-state index in [0.29, 0.717) is 17.2 Å². The van der Waals surface area contributed by atoms with Crippen molar-refractivity contribution in [2.24, 2.45) is 0 Å². The first-order valence-corrected chi connectivity index (χ1v) is 6.55. The first-order valence-electron chi connectivity index (χ1n) is 6.55. The van der Waals surface area contributed by atoms with Gasteiger partial charge in [-0.2, -0.15) is 0 Å². The zero-order valence-electron chi connectivity index (χ0n) is 12.9. The lowest BCUT2D eigenvalue weighted by atomic mass is 9.99. The third-order valence-corrected chi connectivity index (χ3v) is 3.67. The van der Waals surface area contributed by atoms with E-state index in [4.69, 9.17) is 14.2 Å². The molecule has 112 valence electrons. The molecule has 1 heterocycles. The molecule has 5 nitrogen and oxygen atoms in total. The molecule has 0 fully saturated rings. The summed E-state index contributed by atoms with van der Waals surface area (Å²) in [5, 5.41) is 9.72. The van der Waals surface area contributed by atoms with Crippen LogP contribution < -0.4 is 18.9 Å². The third kappa shape index (κ3) is 2.46. The van der Waals surface area contributed by atoms with Gasteiger partial charge in [0.1, 0.15) is 0 Å². The number of hydrogen-bond acceptors (Lipinski definition) is 4. The highest BCUT2D eigenvalue weighted by atomic mass is 16.5. The maximum atomic E-state index is 9.72. The summed E-state index contributed by atoms with van der Waals surface area (Å²) in [5.74, 6) is 1.77. The summed E-state index contributed by atoms with van der Waals surface area (Å²) in [6, 6.07) is 5.60. The second-order valence-corrected chi connectivity index (χ2v) is 4.67. The van der Waals surface area contributed by atoms with Crippen molar-refractivity contribution < 1.29 is 24.1 Å². The molecule has 0 spiro atoms. The Kier molecular flexibility index (Phi) is 4.21. The minimum atomic E-state index is 0.551. The highest BCUT2D eigenvalue weighted by Crippen LogP contribution is 2.44. The van der Waals surface area contributed by atoms with E-state index in [-0.39, 0.29) is 0 Å². The Morgan fingerprint density at radius 3 is 2.10 bits per heavy atom. The Bertz CT molecular complexity index is 668. The molecule has 0 aliphatic carbocycles. The van der Waals surface area contributed by atoms with Gasteiger partial charge in [-0.3, -0.25) is 5.21 Å². The number of hydrogen-bond donors (Lipinski definition) is 1. The first kappa shape index (κ1) is 15.0. The van der Waals surface area contributed by atoms with Gasteiger partial charge in [0.2, 0.25) is 17.6 Å². The fraction of sp³-hybridized carbons (Fsp3) is 0.312. The summed E-state index contributed by atoms with van der Waals surface area (Å²) in [6.45, 7) is 3.81. The van der Waals surface area contributed by atoms with Gasteiger partial charge in [0, 0.05) is 34.4 Å². The lowest BCUT2D eigenvalue weighted by Gasteiger charge is -2.16. The molecule has 1 aromatic carbocycles. The van der Waals surface area contributed by atoms with E-state index in [1.165, 1.54) is 0 Å². The molecule has 0 saturated carbocycles. The monoisotopic (exact) mass is 290 g/mol. The van der Waals surface area contributed by atoms with Crippen molar-refractivity contribution in [3.05, 3.63) is 35.7 Å². The van der Waals surface area contributed by atoms with Crippen molar-refractivity contribution >= 4 is 0 Å². The van der Waals surface area contributed by atoms with Gasteiger partial charge in [-0.25, -0.2) is 0 Å². The average Bonchev–Trinajstić information content (AvgIpc) is 2.51. The van der Waals surface area contributed by atoms with Crippen molar-refractivity contribution in [2.75, 3.05) is 21.3 Å². The van der Waals surface area contributed by atoms with E-state index in [0.717, 1.165) is 27.1 Å². The standard InChI is InChI=1S/C16H20NO4/c1-10-11(2)17(18)9-8-12(10)13-6-7-14(19-3)16(21-5)15(13)20-4/h6-9,18H,1-5H3/q+1. The SMILES string of the molecule is COc1ccc(-c2cc[n+](O)c(C)c2C)c(OC)c1OC. The smallest absolute Gasteiger partial charge is 0.234 e. The normalized spacial score (nSPS) is 10.3. The van der Waals surface area contributed by atoms with E-state index in [9.17, 15) is 5.21 Å². The average molecular weight is 290 g/mol. The van der Waals surface area contributed by atoms with Gasteiger partial charge in [0.25, 0.3) is 0 Å². The van der Waals surface area contributed by atoms with Gasteiger partial charge in [0.15, 0.2) is 11.5 Å². The van der Waals surface area contributed by atoms with E-state index < -0.39 is 0 Å². The van der Waals surface area contributed by atoms with Gasteiger partial charge in [0.05, 0.1) is 21.3 Å². The van der Waals surface area contributed by atoms with Crippen molar-refractivity contribution in [1.82, 2.24) is 0 Å². The molecule has 1 N–H and O–H groups in total. The molecule has 5 heteroatoms. The Morgan fingerprint density at radius 2 is 1.52 bits per heavy atom. The molecule has 2 rings (SSSR count). The molecule has 0 unspecified atom stereocenters. The number of aromatic nitrogens is 1.